The van der Waals surface area contributed by atoms with Crippen LogP contribution in [0, 0.1) is 0 Å². The third-order valence-electron chi connectivity index (χ3n) is 5.33. The molecule has 6 atom stereocenters. The van der Waals surface area contributed by atoms with Crippen LogP contribution in [0.4, 0.5) is 4.39 Å². The number of halogens is 1. The molecule has 0 spiro atoms. The molecule has 15 heteroatoms. The Balaban J connectivity index is 1.86. The summed E-state index contributed by atoms with van der Waals surface area (Å²) in [6.07, 6.45) is -3.63. The number of aliphatic hydroxyl groups excluding tert-OH is 1. The van der Waals surface area contributed by atoms with Crippen LogP contribution in [0.15, 0.2) is 52.2 Å². The highest BCUT2D eigenvalue weighted by atomic mass is 31.2. The molecule has 0 aliphatic carbocycles. The summed E-state index contributed by atoms with van der Waals surface area (Å²) in [4.78, 5) is 37.7. The molecule has 2 aromatic rings. The van der Waals surface area contributed by atoms with Gasteiger partial charge in [0.05, 0.1) is 6.10 Å². The SMILES string of the molecule is CC(C)OC(=O)C(C)NP(=O)(OC[C@@]1(F)O[C@@H](n2ccc(=O)[nH]c2=O)[C@](C)(O)[C@@H]1O)Oc1ccccc1. The van der Waals surface area contributed by atoms with E-state index < -0.39 is 67.5 Å². The monoisotopic (exact) mass is 545 g/mol. The largest absolute Gasteiger partial charge is 0.462 e. The van der Waals surface area contributed by atoms with Crippen LogP contribution < -0.4 is 20.9 Å². The van der Waals surface area contributed by atoms with Crippen LogP contribution in [0.2, 0.25) is 0 Å². The van der Waals surface area contributed by atoms with E-state index in [1.807, 2.05) is 4.98 Å². The zero-order valence-electron chi connectivity index (χ0n) is 20.5. The number of ether oxygens (including phenoxy) is 2. The minimum atomic E-state index is -4.55. The van der Waals surface area contributed by atoms with Gasteiger partial charge in [0, 0.05) is 12.3 Å². The third-order valence-corrected chi connectivity index (χ3v) is 6.95. The van der Waals surface area contributed by atoms with Gasteiger partial charge in [-0.15, -0.1) is 0 Å². The molecular formula is C22H29FN3O10P. The molecule has 0 radical (unpaired) electrons. The maximum atomic E-state index is 15.8. The summed E-state index contributed by atoms with van der Waals surface area (Å²) < 4.78 is 51.0. The van der Waals surface area contributed by atoms with E-state index in [1.54, 1.807) is 32.0 Å². The predicted octanol–water partition coefficient (Wildman–Crippen LogP) is 0.977. The van der Waals surface area contributed by atoms with Crippen molar-refractivity contribution in [3.8, 4) is 5.75 Å². The number of nitrogens with zero attached hydrogens (tertiary/aromatic N) is 1. The topological polar surface area (TPSA) is 178 Å². The van der Waals surface area contributed by atoms with Crippen LogP contribution in [0.5, 0.6) is 5.75 Å². The molecule has 0 bridgehead atoms. The molecule has 4 N–H and O–H groups in total. The highest BCUT2D eigenvalue weighted by Gasteiger charge is 2.63. The molecule has 1 aromatic heterocycles. The second kappa shape index (κ2) is 10.9. The van der Waals surface area contributed by atoms with Gasteiger partial charge in [0.1, 0.15) is 30.1 Å². The van der Waals surface area contributed by atoms with E-state index in [9.17, 15) is 29.2 Å². The lowest BCUT2D eigenvalue weighted by Crippen LogP contribution is -2.50. The molecule has 0 amide bonds. The number of aliphatic hydroxyl groups is 2. The first-order valence-corrected chi connectivity index (χ1v) is 12.8. The number of benzene rings is 1. The summed E-state index contributed by atoms with van der Waals surface area (Å²) in [6, 6.07) is 7.38. The van der Waals surface area contributed by atoms with Crippen LogP contribution in [-0.4, -0.2) is 62.0 Å². The van der Waals surface area contributed by atoms with Crippen molar-refractivity contribution < 1.29 is 42.5 Å². The standard InChI is InChI=1S/C22H29FN3O10P/c1-13(2)34-17(28)14(3)25-37(32,36-15-8-6-5-7-9-15)33-12-22(23)18(29)21(4,31)19(35-22)26-11-10-16(27)24-20(26)30/h5-11,13-14,18-19,29,31H,12H2,1-4H3,(H,25,32)(H,24,27,30)/t14?,18-,19+,21+,22+,37?/m0/s1. The van der Waals surface area contributed by atoms with Crippen molar-refractivity contribution in [1.29, 1.82) is 0 Å². The minimum Gasteiger partial charge on any atom is -0.462 e. The van der Waals surface area contributed by atoms with Gasteiger partial charge in [0.2, 0.25) is 0 Å². The second-order valence-corrected chi connectivity index (χ2v) is 10.6. The second-order valence-electron chi connectivity index (χ2n) is 8.91. The number of alkyl halides is 1. The molecule has 2 unspecified atom stereocenters. The van der Waals surface area contributed by atoms with Gasteiger partial charge in [0.15, 0.2) is 6.23 Å². The Morgan fingerprint density at radius 2 is 1.92 bits per heavy atom. The Labute approximate surface area is 210 Å². The lowest BCUT2D eigenvalue weighted by Gasteiger charge is -2.29. The number of para-hydroxylation sites is 1. The number of aromatic amines is 1. The van der Waals surface area contributed by atoms with Gasteiger partial charge in [-0.25, -0.2) is 13.8 Å². The number of hydrogen-bond donors (Lipinski definition) is 4. The highest BCUT2D eigenvalue weighted by Crippen LogP contribution is 2.50. The van der Waals surface area contributed by atoms with Crippen molar-refractivity contribution in [2.75, 3.05) is 6.61 Å². The molecule has 2 heterocycles. The van der Waals surface area contributed by atoms with E-state index in [1.165, 1.54) is 19.1 Å². The lowest BCUT2D eigenvalue weighted by atomic mass is 9.95. The third kappa shape index (κ3) is 6.53. The first kappa shape index (κ1) is 28.7. The molecule has 1 aromatic carbocycles. The minimum absolute atomic E-state index is 0.0493. The molecular weight excluding hydrogens is 516 g/mol. The summed E-state index contributed by atoms with van der Waals surface area (Å²) in [5.74, 6) is -3.95. The molecule has 204 valence electrons. The van der Waals surface area contributed by atoms with Gasteiger partial charge in [-0.05, 0) is 39.8 Å². The normalized spacial score (nSPS) is 28.0. The number of nitrogens with one attached hydrogen (secondary N) is 2. The molecule has 37 heavy (non-hydrogen) atoms. The van der Waals surface area contributed by atoms with Gasteiger partial charge >= 0.3 is 19.4 Å². The Hall–Kier alpha value is -2.87. The van der Waals surface area contributed by atoms with Crippen molar-refractivity contribution in [2.45, 2.75) is 63.6 Å². The summed E-state index contributed by atoms with van der Waals surface area (Å²) >= 11 is 0. The summed E-state index contributed by atoms with van der Waals surface area (Å²) in [5.41, 5.74) is -4.18. The number of hydrogen-bond acceptors (Lipinski definition) is 10. The molecule has 1 fully saturated rings. The van der Waals surface area contributed by atoms with E-state index in [2.05, 4.69) is 5.09 Å². The zero-order chi connectivity index (χ0) is 27.6. The number of H-pyrrole nitrogens is 1. The fraction of sp³-hybridized carbons (Fsp3) is 0.500. The Morgan fingerprint density at radius 3 is 2.51 bits per heavy atom. The average Bonchev–Trinajstić information content (AvgIpc) is 2.98. The molecule has 1 aliphatic rings. The van der Waals surface area contributed by atoms with Crippen molar-refractivity contribution >= 4 is 13.7 Å². The number of rotatable bonds is 10. The van der Waals surface area contributed by atoms with Gasteiger partial charge in [-0.1, -0.05) is 18.2 Å². The first-order valence-electron chi connectivity index (χ1n) is 11.2. The van der Waals surface area contributed by atoms with Gasteiger partial charge in [-0.2, -0.15) is 5.09 Å². The average molecular weight is 545 g/mol. The number of carbonyl (C=O) groups excluding carboxylic acids is 1. The molecule has 1 saturated heterocycles. The number of aromatic nitrogens is 2. The van der Waals surface area contributed by atoms with E-state index in [-0.39, 0.29) is 5.75 Å². The fourth-order valence-corrected chi connectivity index (χ4v) is 5.02. The van der Waals surface area contributed by atoms with Crippen LogP contribution in [-0.2, 0) is 23.4 Å². The summed E-state index contributed by atoms with van der Waals surface area (Å²) in [5, 5.41) is 23.7. The van der Waals surface area contributed by atoms with Gasteiger partial charge in [0.25, 0.3) is 11.4 Å². The maximum Gasteiger partial charge on any atom is 0.459 e. The fourth-order valence-electron chi connectivity index (χ4n) is 3.51. The quantitative estimate of drug-likeness (QED) is 0.247. The van der Waals surface area contributed by atoms with Crippen LogP contribution in [0.25, 0.3) is 0 Å². The van der Waals surface area contributed by atoms with Crippen molar-refractivity contribution in [2.24, 2.45) is 0 Å². The molecule has 3 rings (SSSR count). The molecule has 13 nitrogen and oxygen atoms in total. The van der Waals surface area contributed by atoms with E-state index >= 15 is 4.39 Å². The molecule has 1 aliphatic heterocycles. The Bertz CT molecular complexity index is 1270. The van der Waals surface area contributed by atoms with Crippen molar-refractivity contribution in [3.05, 3.63) is 63.4 Å². The maximum absolute atomic E-state index is 15.8. The number of esters is 1. The van der Waals surface area contributed by atoms with Crippen LogP contribution in [0.1, 0.15) is 33.9 Å². The van der Waals surface area contributed by atoms with E-state index in [0.29, 0.717) is 4.57 Å². The summed E-state index contributed by atoms with van der Waals surface area (Å²) in [7, 11) is -4.55. The van der Waals surface area contributed by atoms with Crippen molar-refractivity contribution in [1.82, 2.24) is 14.6 Å². The smallest absolute Gasteiger partial charge is 0.459 e. The van der Waals surface area contributed by atoms with Crippen LogP contribution >= 0.6 is 7.75 Å². The van der Waals surface area contributed by atoms with Gasteiger partial charge < -0.3 is 24.2 Å². The van der Waals surface area contributed by atoms with E-state index in [4.69, 9.17) is 18.5 Å². The van der Waals surface area contributed by atoms with Gasteiger partial charge in [-0.3, -0.25) is 23.7 Å². The lowest BCUT2D eigenvalue weighted by molar-refractivity contribution is -0.204. The molecule has 0 saturated carbocycles. The van der Waals surface area contributed by atoms with Crippen molar-refractivity contribution in [3.63, 3.8) is 0 Å². The predicted molar refractivity (Wildman–Crippen MR) is 126 cm³/mol. The summed E-state index contributed by atoms with van der Waals surface area (Å²) in [6.45, 7) is 4.29. The zero-order valence-corrected chi connectivity index (χ0v) is 21.4. The Kier molecular flexibility index (Phi) is 8.42. The Morgan fingerprint density at radius 1 is 1.27 bits per heavy atom. The number of carbonyl (C=O) groups is 1. The highest BCUT2D eigenvalue weighted by molar-refractivity contribution is 7.52. The van der Waals surface area contributed by atoms with E-state index in [0.717, 1.165) is 19.2 Å². The first-order chi connectivity index (χ1) is 17.2. The van der Waals surface area contributed by atoms with Crippen LogP contribution in [0.3, 0.4) is 0 Å².